The van der Waals surface area contributed by atoms with Crippen LogP contribution in [0.2, 0.25) is 0 Å². The molecule has 11 aromatic rings. The zero-order valence-electron chi connectivity index (χ0n) is 54.4. The number of imidazole rings is 1. The number of anilines is 1. The van der Waals surface area contributed by atoms with E-state index in [0.717, 1.165) is 22.1 Å². The van der Waals surface area contributed by atoms with E-state index in [9.17, 15) is 0 Å². The minimum atomic E-state index is -0.0238. The van der Waals surface area contributed by atoms with E-state index in [1.807, 2.05) is 24.3 Å². The maximum absolute atomic E-state index is 4.52. The van der Waals surface area contributed by atoms with Gasteiger partial charge in [-0.05, 0) is 103 Å². The molecule has 0 saturated heterocycles. The van der Waals surface area contributed by atoms with E-state index in [-0.39, 0.29) is 56.8 Å². The van der Waals surface area contributed by atoms with Crippen LogP contribution >= 0.6 is 0 Å². The van der Waals surface area contributed by atoms with Crippen molar-refractivity contribution < 1.29 is 53.9 Å². The van der Waals surface area contributed by atoms with Gasteiger partial charge < -0.3 is 19.4 Å². The van der Waals surface area contributed by atoms with Gasteiger partial charge in [0.1, 0.15) is 12.1 Å². The molecule has 6 nitrogen and oxygen atoms in total. The molecule has 1 aliphatic carbocycles. The van der Waals surface area contributed by atoms with Gasteiger partial charge in [-0.1, -0.05) is 303 Å². The molecule has 8 aromatic carbocycles. The predicted molar refractivity (Wildman–Crippen MR) is 364 cm³/mol. The maximum Gasteiger partial charge on any atom is 0.269 e. The summed E-state index contributed by atoms with van der Waals surface area (Å²) in [7, 11) is 0. The monoisotopic (exact) mass is 1530 g/mol. The van der Waals surface area contributed by atoms with Crippen LogP contribution in [0, 0.1) is 6.33 Å². The molecule has 2 aliphatic rings. The van der Waals surface area contributed by atoms with Gasteiger partial charge in [0.25, 0.3) is 6.33 Å². The molecular formula is C80H88Au2N6-2. The molecule has 0 amide bonds. The number of aromatic nitrogens is 4. The van der Waals surface area contributed by atoms with Gasteiger partial charge in [0.2, 0.25) is 6.34 Å². The van der Waals surface area contributed by atoms with Crippen LogP contribution in [0.4, 0.5) is 11.4 Å². The van der Waals surface area contributed by atoms with Crippen molar-refractivity contribution >= 4 is 73.5 Å². The van der Waals surface area contributed by atoms with Crippen LogP contribution in [0.3, 0.4) is 0 Å². The second-order valence-corrected chi connectivity index (χ2v) is 26.4. The Morgan fingerprint density at radius 1 is 0.352 bits per heavy atom. The first kappa shape index (κ1) is 65.7. The largest absolute Gasteiger partial charge is 0.657 e. The third-order valence-corrected chi connectivity index (χ3v) is 17.7. The summed E-state index contributed by atoms with van der Waals surface area (Å²) >= 11 is 0. The van der Waals surface area contributed by atoms with E-state index in [1.165, 1.54) is 99.5 Å². The van der Waals surface area contributed by atoms with E-state index < -0.39 is 0 Å². The standard InChI is InChI=1S/C56H72N4.2C12H8N.2Au/c1-33(2)41-21-17-22-42(34(3)4)53(41)57-31-58(54-43(35(5)6)23-18-24-44(54)36(7)8)50-30-52-51(29-49(50)57)59(55-45(37(9)10)25-19-26-46(55)38(11)12)32-60(52)56-47(39(13)14)27-20-28-48(56)40(15)16;2*1-3-7-11-9(5-1)10-6-2-4-8-12(10)13-11;;/h17-30,33-40,49-50H,1-16H3;2*1-8H;;/q;2*-1;;. The smallest absolute Gasteiger partial charge is 0.269 e. The van der Waals surface area contributed by atoms with Crippen LogP contribution in [0.15, 0.2) is 170 Å². The Hall–Kier alpha value is -6.74. The topological polar surface area (TPSA) is 43.3 Å². The average molecular weight is 1530 g/mol. The van der Waals surface area contributed by atoms with E-state index in [1.54, 1.807) is 0 Å². The van der Waals surface area contributed by atoms with Gasteiger partial charge in [0.15, 0.2) is 0 Å². The number of para-hydroxylation sites is 8. The molecule has 0 N–H and O–H groups in total. The Labute approximate surface area is 555 Å². The van der Waals surface area contributed by atoms with Crippen molar-refractivity contribution in [1.29, 1.82) is 0 Å². The van der Waals surface area contributed by atoms with Gasteiger partial charge in [-0.3, -0.25) is 9.13 Å². The zero-order valence-corrected chi connectivity index (χ0v) is 58.7. The minimum absolute atomic E-state index is 0. The van der Waals surface area contributed by atoms with Gasteiger partial charge in [-0.2, -0.15) is 0 Å². The molecule has 3 aromatic heterocycles. The normalized spacial score (nSPS) is 14.5. The summed E-state index contributed by atoms with van der Waals surface area (Å²) in [5.74, 6) is 2.72. The van der Waals surface area contributed by atoms with E-state index in [2.05, 4.69) is 310 Å². The van der Waals surface area contributed by atoms with Crippen LogP contribution < -0.4 is 30.1 Å². The third kappa shape index (κ3) is 12.5. The van der Waals surface area contributed by atoms with E-state index in [0.29, 0.717) is 47.3 Å². The predicted octanol–water partition coefficient (Wildman–Crippen LogP) is 18.5. The Morgan fingerprint density at radius 2 is 0.659 bits per heavy atom. The van der Waals surface area contributed by atoms with Crippen molar-refractivity contribution in [1.82, 2.24) is 14.5 Å². The van der Waals surface area contributed by atoms with Gasteiger partial charge >= 0.3 is 0 Å². The Bertz CT molecular complexity index is 4120. The fourth-order valence-corrected chi connectivity index (χ4v) is 13.3. The average Bonchev–Trinajstić information content (AvgIpc) is 1.62. The summed E-state index contributed by atoms with van der Waals surface area (Å²) < 4.78 is 7.44. The molecule has 0 saturated carbocycles. The van der Waals surface area contributed by atoms with Crippen molar-refractivity contribution in [2.24, 2.45) is 0 Å². The third-order valence-electron chi connectivity index (χ3n) is 17.7. The second-order valence-electron chi connectivity index (χ2n) is 26.4. The minimum Gasteiger partial charge on any atom is -0.657 e. The number of hydrogen-bond donors (Lipinski definition) is 0. The van der Waals surface area contributed by atoms with Crippen molar-refractivity contribution in [2.75, 3.05) is 4.90 Å². The van der Waals surface area contributed by atoms with Crippen LogP contribution in [0.5, 0.6) is 0 Å². The molecule has 13 rings (SSSR count). The molecule has 462 valence electrons. The first-order chi connectivity index (χ1) is 41.3. The number of rotatable bonds is 12. The Balaban J connectivity index is 0.000000265. The number of nitrogens with zero attached hydrogens (tertiary/aromatic N) is 6. The molecule has 0 spiro atoms. The molecule has 0 bridgehead atoms. The molecule has 2 radical (unpaired) electrons. The fraction of sp³-hybridized carbons (Fsp3) is 0.325. The molecule has 2 atom stereocenters. The number of benzene rings is 8. The summed E-state index contributed by atoms with van der Waals surface area (Å²) in [6.45, 7) is 37.4. The summed E-state index contributed by atoms with van der Waals surface area (Å²) in [6, 6.07) is 60.7. The van der Waals surface area contributed by atoms with Crippen LogP contribution in [0.25, 0.3) is 67.1 Å². The molecule has 1 aliphatic heterocycles. The first-order valence-corrected chi connectivity index (χ1v) is 31.8. The van der Waals surface area contributed by atoms with E-state index in [4.69, 9.17) is 0 Å². The molecule has 4 heterocycles. The van der Waals surface area contributed by atoms with Gasteiger partial charge in [0.05, 0.1) is 22.1 Å². The fourth-order valence-electron chi connectivity index (χ4n) is 13.3. The summed E-state index contributed by atoms with van der Waals surface area (Å²) in [5, 5.41) is 7.39. The molecule has 2 unspecified atom stereocenters. The molecule has 88 heavy (non-hydrogen) atoms. The quantitative estimate of drug-likeness (QED) is 0.0695. The van der Waals surface area contributed by atoms with Crippen molar-refractivity contribution in [2.45, 2.75) is 170 Å². The van der Waals surface area contributed by atoms with Crippen LogP contribution in [-0.2, 0) is 44.8 Å². The first-order valence-electron chi connectivity index (χ1n) is 31.8. The zero-order chi connectivity index (χ0) is 60.8. The Kier molecular flexibility index (Phi) is 20.6. The SMILES string of the molecule is CC(C)c1cccc(C(C)C)c1N1[C-]=[N+](c2c(C(C)C)cccc2C(C)C)C2C=c3c(n(-c4c(C(C)C)cccc4C(C)C)[c-][n+]3-c3c(C(C)C)cccc3C(C)C)=CC21.[Au].[Au].c1ccc2c(c1)[n-]c1ccccc12.c1ccc2c(c1)[n-]c1ccccc12. The van der Waals surface area contributed by atoms with Crippen LogP contribution in [0.1, 0.15) is 203 Å². The summed E-state index contributed by atoms with van der Waals surface area (Å²) in [6.07, 6.45) is 13.5. The van der Waals surface area contributed by atoms with Crippen molar-refractivity contribution in [3.05, 3.63) is 231 Å². The maximum atomic E-state index is 4.52. The number of hydrogen-bond acceptors (Lipinski definition) is 1. The summed E-state index contributed by atoms with van der Waals surface area (Å²) in [5.41, 5.74) is 20.3. The Morgan fingerprint density at radius 3 is 1.00 bits per heavy atom. The molecule has 8 heteroatoms. The number of fused-ring (bicyclic) bond motifs is 8. The second kappa shape index (κ2) is 27.6. The molecule has 0 fully saturated rings. The van der Waals surface area contributed by atoms with Gasteiger partial charge in [0, 0.05) is 56.1 Å². The van der Waals surface area contributed by atoms with Crippen molar-refractivity contribution in [3.63, 3.8) is 0 Å². The van der Waals surface area contributed by atoms with Gasteiger partial charge in [-0.25, -0.2) is 0 Å². The van der Waals surface area contributed by atoms with Gasteiger partial charge in [-0.15, -0.1) is 22.1 Å². The van der Waals surface area contributed by atoms with Crippen LogP contribution in [-0.4, -0.2) is 27.6 Å². The van der Waals surface area contributed by atoms with E-state index >= 15 is 0 Å². The van der Waals surface area contributed by atoms with Crippen molar-refractivity contribution in [3.8, 4) is 11.4 Å². The summed E-state index contributed by atoms with van der Waals surface area (Å²) in [4.78, 5) is 11.6. The molecular weight excluding hydrogens is 1440 g/mol.